The number of nitrogens with one attached hydrogen (secondary N) is 1. The highest BCUT2D eigenvalue weighted by atomic mass is 35.5. The van der Waals surface area contributed by atoms with Gasteiger partial charge in [-0.1, -0.05) is 11.6 Å². The molecule has 2 atom stereocenters. The number of terminal acetylenes is 1. The summed E-state index contributed by atoms with van der Waals surface area (Å²) < 4.78 is 5.31. The molecule has 2 fully saturated rings. The van der Waals surface area contributed by atoms with Crippen molar-refractivity contribution in [2.45, 2.75) is 25.3 Å². The van der Waals surface area contributed by atoms with Crippen molar-refractivity contribution in [3.63, 3.8) is 0 Å². The van der Waals surface area contributed by atoms with Crippen LogP contribution < -0.4 is 10.1 Å². The molecule has 6 heteroatoms. The molecule has 5 nitrogen and oxygen atoms in total. The molecule has 1 saturated carbocycles. The SMILES string of the molecule is C#CC(=O)Nc1cc(OC)c(C(=O)N2CC3CCC2C3)cc1Cl. The van der Waals surface area contributed by atoms with Crippen molar-refractivity contribution in [2.75, 3.05) is 19.0 Å². The number of anilines is 1. The Labute approximate surface area is 139 Å². The first kappa shape index (κ1) is 15.7. The van der Waals surface area contributed by atoms with E-state index in [9.17, 15) is 9.59 Å². The molecule has 1 N–H and O–H groups in total. The average molecular weight is 333 g/mol. The predicted molar refractivity (Wildman–Crippen MR) is 87.6 cm³/mol. The van der Waals surface area contributed by atoms with Crippen LogP contribution in [0.25, 0.3) is 0 Å². The Morgan fingerprint density at radius 1 is 1.43 bits per heavy atom. The average Bonchev–Trinajstić information content (AvgIpc) is 3.18. The molecule has 1 aliphatic carbocycles. The number of nitrogens with zero attached hydrogens (tertiary/aromatic N) is 1. The maximum atomic E-state index is 12.8. The number of carbonyl (C=O) groups is 2. The first-order valence-electron chi connectivity index (χ1n) is 7.49. The van der Waals surface area contributed by atoms with Crippen molar-refractivity contribution in [1.29, 1.82) is 0 Å². The van der Waals surface area contributed by atoms with Gasteiger partial charge in [-0.3, -0.25) is 9.59 Å². The molecule has 1 aromatic rings. The van der Waals surface area contributed by atoms with Crippen molar-refractivity contribution in [1.82, 2.24) is 4.90 Å². The first-order chi connectivity index (χ1) is 11.0. The number of hydrogen-bond donors (Lipinski definition) is 1. The number of ether oxygens (including phenoxy) is 1. The number of likely N-dealkylation sites (tertiary alicyclic amines) is 1. The molecular weight excluding hydrogens is 316 g/mol. The minimum atomic E-state index is -0.607. The first-order valence-corrected chi connectivity index (χ1v) is 7.87. The van der Waals surface area contributed by atoms with Gasteiger partial charge in [-0.2, -0.15) is 0 Å². The second-order valence-electron chi connectivity index (χ2n) is 5.92. The Hall–Kier alpha value is -2.19. The number of methoxy groups -OCH3 is 1. The highest BCUT2D eigenvalue weighted by molar-refractivity contribution is 6.34. The van der Waals surface area contributed by atoms with Crippen LogP contribution in [-0.2, 0) is 4.79 Å². The minimum Gasteiger partial charge on any atom is -0.496 e. The lowest BCUT2D eigenvalue weighted by molar-refractivity contribution is -0.111. The molecule has 1 aliphatic heterocycles. The van der Waals surface area contributed by atoms with Crippen LogP contribution in [0.15, 0.2) is 12.1 Å². The van der Waals surface area contributed by atoms with Gasteiger partial charge < -0.3 is 15.0 Å². The zero-order chi connectivity index (χ0) is 16.6. The maximum absolute atomic E-state index is 12.8. The van der Waals surface area contributed by atoms with Crippen LogP contribution in [0.2, 0.25) is 5.02 Å². The summed E-state index contributed by atoms with van der Waals surface area (Å²) in [6.07, 6.45) is 8.38. The number of halogens is 1. The third-order valence-electron chi connectivity index (χ3n) is 4.57. The van der Waals surface area contributed by atoms with E-state index in [0.29, 0.717) is 29.0 Å². The third-order valence-corrected chi connectivity index (χ3v) is 4.88. The van der Waals surface area contributed by atoms with Gasteiger partial charge in [0.25, 0.3) is 11.8 Å². The van der Waals surface area contributed by atoms with E-state index in [4.69, 9.17) is 22.8 Å². The number of carbonyl (C=O) groups excluding carboxylic acids is 2. The van der Waals surface area contributed by atoms with E-state index < -0.39 is 5.91 Å². The van der Waals surface area contributed by atoms with E-state index in [0.717, 1.165) is 19.4 Å². The van der Waals surface area contributed by atoms with Gasteiger partial charge >= 0.3 is 0 Å². The minimum absolute atomic E-state index is 0.0780. The van der Waals surface area contributed by atoms with E-state index >= 15 is 0 Å². The smallest absolute Gasteiger partial charge is 0.300 e. The second-order valence-corrected chi connectivity index (χ2v) is 6.33. The fourth-order valence-electron chi connectivity index (χ4n) is 3.47. The van der Waals surface area contributed by atoms with Crippen molar-refractivity contribution >= 4 is 29.1 Å². The highest BCUT2D eigenvalue weighted by Gasteiger charge is 2.41. The molecule has 3 rings (SSSR count). The Kier molecular flexibility index (Phi) is 4.18. The van der Waals surface area contributed by atoms with Crippen molar-refractivity contribution in [3.8, 4) is 18.1 Å². The van der Waals surface area contributed by atoms with Gasteiger partial charge in [0.1, 0.15) is 5.75 Å². The van der Waals surface area contributed by atoms with Crippen LogP contribution in [0.5, 0.6) is 5.75 Å². The van der Waals surface area contributed by atoms with E-state index in [1.807, 2.05) is 10.8 Å². The molecule has 0 radical (unpaired) electrons. The topological polar surface area (TPSA) is 58.6 Å². The summed E-state index contributed by atoms with van der Waals surface area (Å²) in [5, 5.41) is 2.74. The van der Waals surface area contributed by atoms with Gasteiger partial charge in [-0.25, -0.2) is 0 Å². The number of hydrogen-bond acceptors (Lipinski definition) is 3. The van der Waals surface area contributed by atoms with Gasteiger partial charge in [0.15, 0.2) is 0 Å². The quantitative estimate of drug-likeness (QED) is 0.865. The number of benzene rings is 1. The van der Waals surface area contributed by atoms with Crippen LogP contribution >= 0.6 is 11.6 Å². The Balaban J connectivity index is 1.90. The molecule has 2 amide bonds. The standard InChI is InChI=1S/C17H17ClN2O3/c1-3-16(21)19-14-8-15(23-2)12(7-13(14)18)17(22)20-9-10-4-5-11(20)6-10/h1,7-8,10-11H,4-6,9H2,2H3,(H,19,21). The molecule has 120 valence electrons. The summed E-state index contributed by atoms with van der Waals surface area (Å²) in [5.74, 6) is 2.25. The van der Waals surface area contributed by atoms with Crippen LogP contribution in [0.4, 0.5) is 5.69 Å². The van der Waals surface area contributed by atoms with Crippen molar-refractivity contribution in [3.05, 3.63) is 22.7 Å². The molecule has 2 unspecified atom stereocenters. The summed E-state index contributed by atoms with van der Waals surface area (Å²) >= 11 is 6.18. The van der Waals surface area contributed by atoms with E-state index in [1.54, 1.807) is 0 Å². The Morgan fingerprint density at radius 3 is 2.78 bits per heavy atom. The van der Waals surface area contributed by atoms with Gasteiger partial charge in [0.2, 0.25) is 0 Å². The molecular formula is C17H17ClN2O3. The summed E-state index contributed by atoms with van der Waals surface area (Å²) in [6, 6.07) is 3.37. The molecule has 2 bridgehead atoms. The van der Waals surface area contributed by atoms with Gasteiger partial charge in [-0.15, -0.1) is 6.42 Å². The van der Waals surface area contributed by atoms with E-state index in [2.05, 4.69) is 5.32 Å². The van der Waals surface area contributed by atoms with E-state index in [-0.39, 0.29) is 10.9 Å². The largest absolute Gasteiger partial charge is 0.496 e. The normalized spacial score (nSPS) is 21.9. The lowest BCUT2D eigenvalue weighted by Gasteiger charge is -2.27. The summed E-state index contributed by atoms with van der Waals surface area (Å²) in [5.41, 5.74) is 0.731. The summed E-state index contributed by atoms with van der Waals surface area (Å²) in [4.78, 5) is 26.1. The number of piperidine rings is 1. The predicted octanol–water partition coefficient (Wildman–Crippen LogP) is 2.54. The Bertz CT molecular complexity index is 711. The molecule has 0 spiro atoms. The second kappa shape index (κ2) is 6.13. The van der Waals surface area contributed by atoms with Crippen LogP contribution in [-0.4, -0.2) is 36.4 Å². The van der Waals surface area contributed by atoms with Gasteiger partial charge in [0, 0.05) is 18.7 Å². The fourth-order valence-corrected chi connectivity index (χ4v) is 3.68. The fraction of sp³-hybridized carbons (Fsp3) is 0.412. The van der Waals surface area contributed by atoms with E-state index in [1.165, 1.54) is 25.7 Å². The molecule has 1 saturated heterocycles. The third kappa shape index (κ3) is 2.87. The monoisotopic (exact) mass is 332 g/mol. The number of rotatable bonds is 3. The van der Waals surface area contributed by atoms with Crippen molar-refractivity contribution < 1.29 is 14.3 Å². The highest BCUT2D eigenvalue weighted by Crippen LogP contribution is 2.40. The number of amides is 2. The van der Waals surface area contributed by atoms with Gasteiger partial charge in [-0.05, 0) is 37.2 Å². The Morgan fingerprint density at radius 2 is 2.22 bits per heavy atom. The summed E-state index contributed by atoms with van der Waals surface area (Å²) in [7, 11) is 1.48. The van der Waals surface area contributed by atoms with Crippen LogP contribution in [0.3, 0.4) is 0 Å². The molecule has 1 aromatic carbocycles. The van der Waals surface area contributed by atoms with Crippen LogP contribution in [0.1, 0.15) is 29.6 Å². The number of fused-ring (bicyclic) bond motifs is 2. The molecule has 1 heterocycles. The molecule has 23 heavy (non-hydrogen) atoms. The molecule has 2 aliphatic rings. The maximum Gasteiger partial charge on any atom is 0.300 e. The zero-order valence-electron chi connectivity index (χ0n) is 12.8. The molecule has 0 aromatic heterocycles. The van der Waals surface area contributed by atoms with Gasteiger partial charge in [0.05, 0.1) is 23.4 Å². The summed E-state index contributed by atoms with van der Waals surface area (Å²) in [6.45, 7) is 0.792. The zero-order valence-corrected chi connectivity index (χ0v) is 13.5. The lowest BCUT2D eigenvalue weighted by atomic mass is 10.1. The van der Waals surface area contributed by atoms with Crippen molar-refractivity contribution in [2.24, 2.45) is 5.92 Å². The van der Waals surface area contributed by atoms with Crippen LogP contribution in [0, 0.1) is 18.3 Å². The lowest BCUT2D eigenvalue weighted by Crippen LogP contribution is -2.37.